The Kier molecular flexibility index (Phi) is 4.28. The minimum Gasteiger partial charge on any atom is -0.278 e. The first-order valence-corrected chi connectivity index (χ1v) is 9.00. The summed E-state index contributed by atoms with van der Waals surface area (Å²) in [4.78, 5) is 9.40. The Morgan fingerprint density at radius 1 is 1.17 bits per heavy atom. The third-order valence-electron chi connectivity index (χ3n) is 3.43. The zero-order valence-electron chi connectivity index (χ0n) is 13.1. The van der Waals surface area contributed by atoms with Crippen LogP contribution in [0.5, 0.6) is 0 Å². The van der Waals surface area contributed by atoms with Crippen LogP contribution < -0.4 is 10.6 Å². The number of benzene rings is 2. The maximum atomic E-state index is 11.7. The van der Waals surface area contributed by atoms with Crippen molar-refractivity contribution in [3.63, 3.8) is 0 Å². The average molecular weight is 339 g/mol. The van der Waals surface area contributed by atoms with Gasteiger partial charge < -0.3 is 0 Å². The van der Waals surface area contributed by atoms with Gasteiger partial charge >= 0.3 is 0 Å². The highest BCUT2D eigenvalue weighted by Crippen LogP contribution is 2.13. The fraction of sp³-hybridized carbons (Fsp3) is 0.0588. The van der Waals surface area contributed by atoms with Crippen LogP contribution >= 0.6 is 0 Å². The Morgan fingerprint density at radius 2 is 1.83 bits per heavy atom. The van der Waals surface area contributed by atoms with Crippen LogP contribution in [0.3, 0.4) is 0 Å². The van der Waals surface area contributed by atoms with E-state index in [-0.39, 0.29) is 0 Å². The zero-order chi connectivity index (χ0) is 17.2. The van der Waals surface area contributed by atoms with E-state index in [2.05, 4.69) is 26.4 Å². The number of hydrogen-bond acceptors (Lipinski definition) is 5. The Bertz CT molecular complexity index is 1010. The molecule has 1 heterocycles. The molecule has 0 aliphatic rings. The fourth-order valence-electron chi connectivity index (χ4n) is 2.10. The summed E-state index contributed by atoms with van der Waals surface area (Å²) >= 11 is 0. The van der Waals surface area contributed by atoms with Crippen molar-refractivity contribution in [3.8, 4) is 0 Å². The molecule has 122 valence electrons. The van der Waals surface area contributed by atoms with Crippen molar-refractivity contribution in [2.45, 2.75) is 11.8 Å². The lowest BCUT2D eigenvalue weighted by Crippen LogP contribution is -2.11. The van der Waals surface area contributed by atoms with Crippen LogP contribution in [-0.2, 0) is 9.71 Å². The van der Waals surface area contributed by atoms with Crippen molar-refractivity contribution in [1.29, 1.82) is 0 Å². The second-order valence-corrected chi connectivity index (χ2v) is 7.23. The molecule has 0 radical (unpaired) electrons. The van der Waals surface area contributed by atoms with Gasteiger partial charge in [-0.1, -0.05) is 12.1 Å². The van der Waals surface area contributed by atoms with Crippen LogP contribution in [0.1, 0.15) is 12.6 Å². The number of hydrogen-bond donors (Lipinski definition) is 2. The lowest BCUT2D eigenvalue weighted by atomic mass is 10.2. The number of rotatable bonds is 4. The molecule has 1 aromatic heterocycles. The molecule has 0 aliphatic carbocycles. The first-order chi connectivity index (χ1) is 11.4. The fourth-order valence-corrected chi connectivity index (χ4v) is 2.69. The quantitative estimate of drug-likeness (QED) is 0.434. The molecule has 7 heteroatoms. The maximum absolute atomic E-state index is 11.7. The van der Waals surface area contributed by atoms with E-state index in [0.717, 1.165) is 16.7 Å². The number of nitrogens with zero attached hydrogens (tertiary/aromatic N) is 3. The summed E-state index contributed by atoms with van der Waals surface area (Å²) in [6, 6.07) is 14.5. The number of aromatic nitrogens is 2. The summed E-state index contributed by atoms with van der Waals surface area (Å²) < 4.78 is 11.7. The largest absolute Gasteiger partial charge is 0.278 e. The van der Waals surface area contributed by atoms with Crippen LogP contribution in [0.25, 0.3) is 11.0 Å². The van der Waals surface area contributed by atoms with E-state index in [1.807, 2.05) is 31.2 Å². The van der Waals surface area contributed by atoms with Crippen molar-refractivity contribution in [2.24, 2.45) is 10.2 Å². The van der Waals surface area contributed by atoms with E-state index in [1.165, 1.54) is 0 Å². The monoisotopic (exact) mass is 339 g/mol. The third kappa shape index (κ3) is 3.58. The first-order valence-electron chi connectivity index (χ1n) is 7.21. The van der Waals surface area contributed by atoms with E-state index in [4.69, 9.17) is 5.14 Å². The molecule has 3 N–H and O–H groups in total. The molecule has 24 heavy (non-hydrogen) atoms. The highest BCUT2D eigenvalue weighted by molar-refractivity contribution is 7.98. The number of fused-ring (bicyclic) bond motifs is 1. The predicted molar refractivity (Wildman–Crippen MR) is 99.5 cm³/mol. The lowest BCUT2D eigenvalue weighted by Gasteiger charge is -2.06. The summed E-state index contributed by atoms with van der Waals surface area (Å²) in [5, 5.41) is 9.81. The van der Waals surface area contributed by atoms with Crippen LogP contribution in [0.4, 0.5) is 5.69 Å². The molecule has 0 saturated heterocycles. The van der Waals surface area contributed by atoms with E-state index in [1.54, 1.807) is 30.5 Å². The molecule has 1 unspecified atom stereocenters. The summed E-state index contributed by atoms with van der Waals surface area (Å²) in [7, 11) is -2.70. The summed E-state index contributed by atoms with van der Waals surface area (Å²) in [6.07, 6.45) is 1.69. The topological polar surface area (TPSA) is 93.3 Å². The van der Waals surface area contributed by atoms with E-state index in [0.29, 0.717) is 16.3 Å². The minimum absolute atomic E-state index is 0.495. The lowest BCUT2D eigenvalue weighted by molar-refractivity contribution is 0.682. The van der Waals surface area contributed by atoms with E-state index in [9.17, 15) is 4.21 Å². The molecular formula is C17H17N5OS. The van der Waals surface area contributed by atoms with Crippen molar-refractivity contribution >= 4 is 38.0 Å². The summed E-state index contributed by atoms with van der Waals surface area (Å²) in [5.41, 5.74) is 6.75. The van der Waals surface area contributed by atoms with Crippen molar-refractivity contribution in [3.05, 3.63) is 60.4 Å². The Balaban J connectivity index is 1.80. The molecule has 0 amide bonds. The van der Waals surface area contributed by atoms with E-state index < -0.39 is 9.71 Å². The Morgan fingerprint density at radius 3 is 2.50 bits per heavy atom. The molecule has 2 aromatic carbocycles. The van der Waals surface area contributed by atoms with Crippen molar-refractivity contribution in [2.75, 3.05) is 5.43 Å². The molecule has 3 aromatic rings. The van der Waals surface area contributed by atoms with Gasteiger partial charge in [0.1, 0.15) is 5.69 Å². The highest BCUT2D eigenvalue weighted by atomic mass is 32.2. The number of hydrazone groups is 1. The molecule has 6 nitrogen and oxygen atoms in total. The summed E-state index contributed by atoms with van der Waals surface area (Å²) in [6.45, 7) is 1.85. The van der Waals surface area contributed by atoms with Crippen LogP contribution in [0.15, 0.2) is 64.7 Å². The minimum atomic E-state index is -2.70. The van der Waals surface area contributed by atoms with Gasteiger partial charge in [-0.25, -0.2) is 9.19 Å². The van der Waals surface area contributed by atoms with Crippen LogP contribution in [-0.4, -0.2) is 25.8 Å². The van der Waals surface area contributed by atoms with Gasteiger partial charge in [0.2, 0.25) is 0 Å². The SMILES string of the molecule is C=S(N)(=O)c1ccc(N/N=C(\C)c2cnc3ccccc3n2)cc1. The Hall–Kier alpha value is -2.77. The normalized spacial score (nSPS) is 14.3. The van der Waals surface area contributed by atoms with Gasteiger partial charge in [-0.3, -0.25) is 15.5 Å². The molecule has 0 aliphatic heterocycles. The Labute approximate surface area is 140 Å². The smallest absolute Gasteiger partial charge is 0.105 e. The number of nitrogens with two attached hydrogens (primary N) is 1. The van der Waals surface area contributed by atoms with Crippen molar-refractivity contribution < 1.29 is 4.21 Å². The molecule has 0 spiro atoms. The maximum Gasteiger partial charge on any atom is 0.105 e. The highest BCUT2D eigenvalue weighted by Gasteiger charge is 2.04. The molecule has 1 atom stereocenters. The molecule has 0 fully saturated rings. The van der Waals surface area contributed by atoms with Gasteiger partial charge in [0, 0.05) is 4.90 Å². The second-order valence-electron chi connectivity index (χ2n) is 5.30. The van der Waals surface area contributed by atoms with Gasteiger partial charge in [-0.15, -0.1) is 0 Å². The summed E-state index contributed by atoms with van der Waals surface area (Å²) in [5.74, 6) is 3.45. The molecule has 3 rings (SSSR count). The number of anilines is 1. The van der Waals surface area contributed by atoms with Crippen molar-refractivity contribution in [1.82, 2.24) is 9.97 Å². The van der Waals surface area contributed by atoms with E-state index >= 15 is 0 Å². The van der Waals surface area contributed by atoms with Gasteiger partial charge in [-0.05, 0) is 49.2 Å². The van der Waals surface area contributed by atoms with Gasteiger partial charge in [0.25, 0.3) is 0 Å². The van der Waals surface area contributed by atoms with Gasteiger partial charge in [-0.2, -0.15) is 5.10 Å². The van der Waals surface area contributed by atoms with Crippen LogP contribution in [0, 0.1) is 0 Å². The third-order valence-corrected chi connectivity index (χ3v) is 4.50. The number of para-hydroxylation sites is 2. The van der Waals surface area contributed by atoms with Crippen LogP contribution in [0.2, 0.25) is 0 Å². The molecule has 0 saturated carbocycles. The predicted octanol–water partition coefficient (Wildman–Crippen LogP) is 2.41. The average Bonchev–Trinajstić information content (AvgIpc) is 2.59. The zero-order valence-corrected chi connectivity index (χ0v) is 14.0. The van der Waals surface area contributed by atoms with Gasteiger partial charge in [0.05, 0.1) is 38.3 Å². The number of nitrogens with one attached hydrogen (secondary N) is 1. The second kappa shape index (κ2) is 6.38. The first kappa shape index (κ1) is 16.1. The molecule has 0 bridgehead atoms. The van der Waals surface area contributed by atoms with Gasteiger partial charge in [0.15, 0.2) is 0 Å². The molecular weight excluding hydrogens is 322 g/mol. The standard InChI is InChI=1S/C17H17N5OS/c1-12(17-11-19-15-5-3-4-6-16(15)20-17)21-22-13-7-9-14(10-8-13)24(2,18)23/h3-11,22H,2H2,1H3,(H2,18,23)/b21-12+.